The highest BCUT2D eigenvalue weighted by molar-refractivity contribution is 7.98. The number of thiophene rings is 1. The van der Waals surface area contributed by atoms with Gasteiger partial charge in [0.15, 0.2) is 11.0 Å². The second kappa shape index (κ2) is 7.67. The Kier molecular flexibility index (Phi) is 5.14. The number of hydrogen-bond acceptors (Lipinski definition) is 8. The zero-order chi connectivity index (χ0) is 17.1. The van der Waals surface area contributed by atoms with Crippen LogP contribution in [0.4, 0.5) is 0 Å². The zero-order valence-corrected chi connectivity index (χ0v) is 15.6. The summed E-state index contributed by atoms with van der Waals surface area (Å²) in [6.07, 6.45) is 3.17. The fraction of sp³-hybridized carbons (Fsp3) is 0.500. The van der Waals surface area contributed by atoms with Crippen molar-refractivity contribution in [1.29, 1.82) is 0 Å². The van der Waals surface area contributed by atoms with E-state index in [0.717, 1.165) is 48.3 Å². The predicted octanol–water partition coefficient (Wildman–Crippen LogP) is 3.42. The molecule has 0 aromatic carbocycles. The minimum atomic E-state index is 0.226. The molecule has 1 unspecified atom stereocenters. The van der Waals surface area contributed by atoms with Crippen molar-refractivity contribution in [2.75, 3.05) is 6.61 Å². The molecule has 0 amide bonds. The number of ether oxygens (including phenoxy) is 1. The molecule has 1 aliphatic heterocycles. The van der Waals surface area contributed by atoms with E-state index >= 15 is 0 Å². The first-order valence-corrected chi connectivity index (χ1v) is 10.2. The molecular weight excluding hydrogens is 358 g/mol. The van der Waals surface area contributed by atoms with Crippen molar-refractivity contribution < 1.29 is 9.15 Å². The fourth-order valence-electron chi connectivity index (χ4n) is 2.76. The van der Waals surface area contributed by atoms with Crippen molar-refractivity contribution >= 4 is 23.1 Å². The quantitative estimate of drug-likeness (QED) is 0.584. The SMILES string of the molecule is CCc1nnc(CSc2nnc(-c3cccs3)n2CC2CCCO2)o1. The van der Waals surface area contributed by atoms with Gasteiger partial charge in [-0.2, -0.15) is 0 Å². The van der Waals surface area contributed by atoms with E-state index in [4.69, 9.17) is 9.15 Å². The Morgan fingerprint density at radius 2 is 2.20 bits per heavy atom. The van der Waals surface area contributed by atoms with Gasteiger partial charge in [-0.1, -0.05) is 24.8 Å². The topological polar surface area (TPSA) is 78.9 Å². The maximum atomic E-state index is 5.81. The first-order valence-electron chi connectivity index (χ1n) is 8.36. The van der Waals surface area contributed by atoms with E-state index in [1.54, 1.807) is 23.1 Å². The van der Waals surface area contributed by atoms with E-state index in [1.165, 1.54) is 0 Å². The Labute approximate surface area is 153 Å². The Balaban J connectivity index is 1.55. The van der Waals surface area contributed by atoms with Crippen LogP contribution in [0.3, 0.4) is 0 Å². The van der Waals surface area contributed by atoms with Gasteiger partial charge in [-0.25, -0.2) is 0 Å². The maximum absolute atomic E-state index is 5.81. The standard InChI is InChI=1S/C16H19N5O2S2/c1-2-13-17-18-14(23-13)10-25-16-20-19-15(12-6-4-8-24-12)21(16)9-11-5-3-7-22-11/h4,6,8,11H,2-3,5,7,9-10H2,1H3. The monoisotopic (exact) mass is 377 g/mol. The Morgan fingerprint density at radius 1 is 1.28 bits per heavy atom. The first-order chi connectivity index (χ1) is 12.3. The third-order valence-corrected chi connectivity index (χ3v) is 5.82. The van der Waals surface area contributed by atoms with Gasteiger partial charge in [0.05, 0.1) is 23.3 Å². The van der Waals surface area contributed by atoms with E-state index in [-0.39, 0.29) is 6.10 Å². The summed E-state index contributed by atoms with van der Waals surface area (Å²) in [5.74, 6) is 2.76. The molecular formula is C16H19N5O2S2. The lowest BCUT2D eigenvalue weighted by Gasteiger charge is -2.13. The molecule has 25 heavy (non-hydrogen) atoms. The van der Waals surface area contributed by atoms with Gasteiger partial charge in [0.1, 0.15) is 0 Å². The summed E-state index contributed by atoms with van der Waals surface area (Å²) in [6.45, 7) is 3.61. The van der Waals surface area contributed by atoms with Crippen molar-refractivity contribution in [3.63, 3.8) is 0 Å². The number of aromatic nitrogens is 5. The first kappa shape index (κ1) is 16.7. The highest BCUT2D eigenvalue weighted by atomic mass is 32.2. The molecule has 7 nitrogen and oxygen atoms in total. The largest absolute Gasteiger partial charge is 0.424 e. The second-order valence-electron chi connectivity index (χ2n) is 5.76. The smallest absolute Gasteiger partial charge is 0.226 e. The molecule has 0 spiro atoms. The van der Waals surface area contributed by atoms with E-state index in [9.17, 15) is 0 Å². The van der Waals surface area contributed by atoms with Crippen LogP contribution in [-0.4, -0.2) is 37.7 Å². The molecule has 3 aromatic heterocycles. The lowest BCUT2D eigenvalue weighted by molar-refractivity contribution is 0.0953. The summed E-state index contributed by atoms with van der Waals surface area (Å²) >= 11 is 3.24. The molecule has 1 aliphatic rings. The van der Waals surface area contributed by atoms with E-state index in [2.05, 4.69) is 36.4 Å². The second-order valence-corrected chi connectivity index (χ2v) is 7.65. The molecule has 0 radical (unpaired) electrons. The summed E-state index contributed by atoms with van der Waals surface area (Å²) in [5.41, 5.74) is 0. The molecule has 0 aliphatic carbocycles. The fourth-order valence-corrected chi connectivity index (χ4v) is 4.26. The predicted molar refractivity (Wildman–Crippen MR) is 95.5 cm³/mol. The summed E-state index contributed by atoms with van der Waals surface area (Å²) in [6, 6.07) is 4.10. The van der Waals surface area contributed by atoms with Gasteiger partial charge >= 0.3 is 0 Å². The van der Waals surface area contributed by atoms with Gasteiger partial charge in [0.25, 0.3) is 0 Å². The van der Waals surface area contributed by atoms with E-state index in [0.29, 0.717) is 17.5 Å². The summed E-state index contributed by atoms with van der Waals surface area (Å²) in [4.78, 5) is 1.11. The number of thioether (sulfide) groups is 1. The Bertz CT molecular complexity index is 808. The van der Waals surface area contributed by atoms with Gasteiger partial charge in [-0.3, -0.25) is 4.57 Å². The lowest BCUT2D eigenvalue weighted by atomic mass is 10.2. The highest BCUT2D eigenvalue weighted by Crippen LogP contribution is 2.30. The zero-order valence-electron chi connectivity index (χ0n) is 13.9. The van der Waals surface area contributed by atoms with Crippen LogP contribution < -0.4 is 0 Å². The third kappa shape index (κ3) is 3.78. The average Bonchev–Trinajstić information content (AvgIpc) is 3.41. The highest BCUT2D eigenvalue weighted by Gasteiger charge is 2.22. The molecule has 132 valence electrons. The van der Waals surface area contributed by atoms with Crippen molar-refractivity contribution in [3.8, 4) is 10.7 Å². The molecule has 0 N–H and O–H groups in total. The molecule has 3 aromatic rings. The summed E-state index contributed by atoms with van der Waals surface area (Å²) < 4.78 is 13.6. The lowest BCUT2D eigenvalue weighted by Crippen LogP contribution is -2.16. The van der Waals surface area contributed by atoms with Gasteiger partial charge in [0, 0.05) is 13.0 Å². The maximum Gasteiger partial charge on any atom is 0.226 e. The van der Waals surface area contributed by atoms with Crippen molar-refractivity contribution in [2.45, 2.75) is 49.7 Å². The van der Waals surface area contributed by atoms with E-state index in [1.807, 2.05) is 13.0 Å². The minimum absolute atomic E-state index is 0.226. The van der Waals surface area contributed by atoms with Gasteiger partial charge in [0.2, 0.25) is 11.8 Å². The van der Waals surface area contributed by atoms with Crippen LogP contribution in [0.2, 0.25) is 0 Å². The molecule has 1 fully saturated rings. The summed E-state index contributed by atoms with van der Waals surface area (Å²) in [7, 11) is 0. The van der Waals surface area contributed by atoms with E-state index < -0.39 is 0 Å². The molecule has 4 heterocycles. The molecule has 1 saturated heterocycles. The van der Waals surface area contributed by atoms with Crippen LogP contribution in [0.5, 0.6) is 0 Å². The van der Waals surface area contributed by atoms with Gasteiger partial charge < -0.3 is 9.15 Å². The third-order valence-electron chi connectivity index (χ3n) is 4.00. The Hall–Kier alpha value is -1.71. The van der Waals surface area contributed by atoms with Crippen LogP contribution in [0.25, 0.3) is 10.7 Å². The number of rotatable bonds is 7. The van der Waals surface area contributed by atoms with Gasteiger partial charge in [-0.15, -0.1) is 31.7 Å². The van der Waals surface area contributed by atoms with Crippen LogP contribution in [0, 0.1) is 0 Å². The molecule has 4 rings (SSSR count). The van der Waals surface area contributed by atoms with Crippen molar-refractivity contribution in [2.24, 2.45) is 0 Å². The normalized spacial score (nSPS) is 17.4. The summed E-state index contributed by atoms with van der Waals surface area (Å²) in [5, 5.41) is 19.8. The number of hydrogen-bond donors (Lipinski definition) is 0. The molecule has 0 saturated carbocycles. The molecule has 0 bridgehead atoms. The van der Waals surface area contributed by atoms with Crippen molar-refractivity contribution in [3.05, 3.63) is 29.3 Å². The van der Waals surface area contributed by atoms with Crippen LogP contribution >= 0.6 is 23.1 Å². The number of aryl methyl sites for hydroxylation is 1. The molecule has 1 atom stereocenters. The minimum Gasteiger partial charge on any atom is -0.424 e. The van der Waals surface area contributed by atoms with Crippen molar-refractivity contribution in [1.82, 2.24) is 25.0 Å². The molecule has 9 heteroatoms. The van der Waals surface area contributed by atoms with Crippen LogP contribution in [0.1, 0.15) is 31.5 Å². The Morgan fingerprint density at radius 3 is 2.92 bits per heavy atom. The van der Waals surface area contributed by atoms with Crippen LogP contribution in [-0.2, 0) is 23.5 Å². The van der Waals surface area contributed by atoms with Crippen LogP contribution in [0.15, 0.2) is 27.1 Å². The average molecular weight is 377 g/mol. The van der Waals surface area contributed by atoms with Gasteiger partial charge in [-0.05, 0) is 24.3 Å². The number of nitrogens with zero attached hydrogens (tertiary/aromatic N) is 5.